The average molecular weight is 263 g/mol. The molecular weight excluding hydrogens is 234 g/mol. The van der Waals surface area contributed by atoms with Gasteiger partial charge in [0.1, 0.15) is 5.82 Å². The molecule has 3 heteroatoms. The summed E-state index contributed by atoms with van der Waals surface area (Å²) in [7, 11) is 2.14. The van der Waals surface area contributed by atoms with E-state index in [1.807, 2.05) is 12.3 Å². The van der Waals surface area contributed by atoms with Crippen LogP contribution in [0, 0.1) is 5.92 Å². The number of rotatable bonds is 7. The van der Waals surface area contributed by atoms with Crippen molar-refractivity contribution in [2.45, 2.75) is 59.0 Å². The van der Waals surface area contributed by atoms with Gasteiger partial charge in [0.15, 0.2) is 0 Å². The van der Waals surface area contributed by atoms with Crippen molar-refractivity contribution >= 4 is 5.82 Å². The molecule has 0 aliphatic heterocycles. The van der Waals surface area contributed by atoms with Crippen molar-refractivity contribution in [2.75, 3.05) is 11.9 Å². The van der Waals surface area contributed by atoms with Crippen molar-refractivity contribution in [3.63, 3.8) is 0 Å². The molecule has 0 aliphatic rings. The first-order chi connectivity index (χ1) is 8.95. The van der Waals surface area contributed by atoms with Gasteiger partial charge in [-0.1, -0.05) is 26.8 Å². The summed E-state index contributed by atoms with van der Waals surface area (Å²) in [4.78, 5) is 6.85. The minimum atomic E-state index is 0.219. The first-order valence-electron chi connectivity index (χ1n) is 7.38. The molecule has 0 saturated carbocycles. The fourth-order valence-corrected chi connectivity index (χ4v) is 2.38. The van der Waals surface area contributed by atoms with Crippen LogP contribution in [0.2, 0.25) is 0 Å². The third kappa shape index (κ3) is 4.83. The molecule has 2 atom stereocenters. The van der Waals surface area contributed by atoms with Gasteiger partial charge in [-0.05, 0) is 43.7 Å². The van der Waals surface area contributed by atoms with Crippen LogP contribution >= 0.6 is 0 Å². The Labute approximate surface area is 118 Å². The third-order valence-corrected chi connectivity index (χ3v) is 3.68. The third-order valence-electron chi connectivity index (χ3n) is 3.68. The van der Waals surface area contributed by atoms with Gasteiger partial charge < -0.3 is 10.6 Å². The summed E-state index contributed by atoms with van der Waals surface area (Å²) in [6.07, 6.45) is 4.94. The molecule has 1 rings (SSSR count). The van der Waals surface area contributed by atoms with E-state index < -0.39 is 0 Å². The summed E-state index contributed by atoms with van der Waals surface area (Å²) in [5.74, 6) is 1.78. The van der Waals surface area contributed by atoms with Crippen LogP contribution in [0.5, 0.6) is 0 Å². The second-order valence-corrected chi connectivity index (χ2v) is 5.95. The number of anilines is 1. The SMILES string of the molecule is CCC(N)Cc1cccnc1N(C)C(C)CC(C)C. The number of hydrogen-bond acceptors (Lipinski definition) is 3. The van der Waals surface area contributed by atoms with E-state index in [1.54, 1.807) is 0 Å². The molecule has 1 aromatic rings. The molecule has 19 heavy (non-hydrogen) atoms. The van der Waals surface area contributed by atoms with Gasteiger partial charge in [-0.3, -0.25) is 0 Å². The van der Waals surface area contributed by atoms with Gasteiger partial charge in [0, 0.05) is 25.3 Å². The summed E-state index contributed by atoms with van der Waals surface area (Å²) in [6, 6.07) is 4.86. The monoisotopic (exact) mass is 263 g/mol. The average Bonchev–Trinajstić information content (AvgIpc) is 2.37. The zero-order valence-corrected chi connectivity index (χ0v) is 13.1. The van der Waals surface area contributed by atoms with Crippen LogP contribution in [0.4, 0.5) is 5.82 Å². The van der Waals surface area contributed by atoms with Gasteiger partial charge in [-0.2, -0.15) is 0 Å². The topological polar surface area (TPSA) is 42.1 Å². The van der Waals surface area contributed by atoms with Crippen molar-refractivity contribution in [2.24, 2.45) is 11.7 Å². The summed E-state index contributed by atoms with van der Waals surface area (Å²) in [5.41, 5.74) is 7.34. The second kappa shape index (κ2) is 7.49. The van der Waals surface area contributed by atoms with Crippen molar-refractivity contribution in [3.05, 3.63) is 23.9 Å². The number of pyridine rings is 1. The Morgan fingerprint density at radius 1 is 1.32 bits per heavy atom. The molecule has 2 unspecified atom stereocenters. The maximum Gasteiger partial charge on any atom is 0.131 e. The molecule has 0 bridgehead atoms. The van der Waals surface area contributed by atoms with Crippen molar-refractivity contribution in [1.82, 2.24) is 4.98 Å². The van der Waals surface area contributed by atoms with Crippen LogP contribution < -0.4 is 10.6 Å². The standard InChI is InChI=1S/C16H29N3/c1-6-15(17)11-14-8-7-9-18-16(14)19(5)13(4)10-12(2)3/h7-9,12-13,15H,6,10-11,17H2,1-5H3. The van der Waals surface area contributed by atoms with Crippen molar-refractivity contribution < 1.29 is 0 Å². The molecule has 1 aromatic heterocycles. The van der Waals surface area contributed by atoms with E-state index in [-0.39, 0.29) is 6.04 Å². The van der Waals surface area contributed by atoms with E-state index in [9.17, 15) is 0 Å². The van der Waals surface area contributed by atoms with E-state index in [0.29, 0.717) is 12.0 Å². The highest BCUT2D eigenvalue weighted by atomic mass is 15.2. The fraction of sp³-hybridized carbons (Fsp3) is 0.688. The smallest absolute Gasteiger partial charge is 0.131 e. The normalized spacial score (nSPS) is 14.5. The minimum absolute atomic E-state index is 0.219. The Bertz CT molecular complexity index is 376. The van der Waals surface area contributed by atoms with E-state index in [4.69, 9.17) is 5.73 Å². The number of nitrogens with zero attached hydrogens (tertiary/aromatic N) is 2. The summed E-state index contributed by atoms with van der Waals surface area (Å²) in [5, 5.41) is 0. The minimum Gasteiger partial charge on any atom is -0.357 e. The van der Waals surface area contributed by atoms with Gasteiger partial charge in [-0.25, -0.2) is 4.98 Å². The molecule has 3 nitrogen and oxygen atoms in total. The van der Waals surface area contributed by atoms with Crippen LogP contribution in [0.15, 0.2) is 18.3 Å². The lowest BCUT2D eigenvalue weighted by molar-refractivity contribution is 0.500. The first kappa shape index (κ1) is 16.0. The highest BCUT2D eigenvalue weighted by molar-refractivity contribution is 5.47. The molecule has 0 spiro atoms. The molecular formula is C16H29N3. The molecule has 0 fully saturated rings. The van der Waals surface area contributed by atoms with E-state index >= 15 is 0 Å². The van der Waals surface area contributed by atoms with Crippen LogP contribution in [0.3, 0.4) is 0 Å². The first-order valence-corrected chi connectivity index (χ1v) is 7.38. The summed E-state index contributed by atoms with van der Waals surface area (Å²) >= 11 is 0. The van der Waals surface area contributed by atoms with Gasteiger partial charge >= 0.3 is 0 Å². The van der Waals surface area contributed by atoms with Crippen LogP contribution in [0.1, 0.15) is 46.1 Å². The second-order valence-electron chi connectivity index (χ2n) is 5.95. The molecule has 0 radical (unpaired) electrons. The largest absolute Gasteiger partial charge is 0.357 e. The van der Waals surface area contributed by atoms with Gasteiger partial charge in [0.25, 0.3) is 0 Å². The molecule has 0 saturated heterocycles. The Hall–Kier alpha value is -1.09. The van der Waals surface area contributed by atoms with Crippen LogP contribution in [-0.4, -0.2) is 24.1 Å². The predicted octanol–water partition coefficient (Wildman–Crippen LogP) is 3.23. The van der Waals surface area contributed by atoms with E-state index in [0.717, 1.165) is 18.7 Å². The molecule has 2 N–H and O–H groups in total. The fourth-order valence-electron chi connectivity index (χ4n) is 2.38. The van der Waals surface area contributed by atoms with E-state index in [1.165, 1.54) is 12.0 Å². The number of nitrogens with two attached hydrogens (primary N) is 1. The molecule has 0 amide bonds. The lowest BCUT2D eigenvalue weighted by Crippen LogP contribution is -2.32. The summed E-state index contributed by atoms with van der Waals surface area (Å²) in [6.45, 7) is 8.91. The Morgan fingerprint density at radius 3 is 2.58 bits per heavy atom. The highest BCUT2D eigenvalue weighted by Crippen LogP contribution is 2.22. The van der Waals surface area contributed by atoms with E-state index in [2.05, 4.69) is 50.7 Å². The van der Waals surface area contributed by atoms with Crippen molar-refractivity contribution in [1.29, 1.82) is 0 Å². The lowest BCUT2D eigenvalue weighted by Gasteiger charge is -2.29. The molecule has 1 heterocycles. The number of aromatic nitrogens is 1. The molecule has 0 aromatic carbocycles. The number of hydrogen-bond donors (Lipinski definition) is 1. The maximum absolute atomic E-state index is 6.08. The maximum atomic E-state index is 6.08. The van der Waals surface area contributed by atoms with Crippen molar-refractivity contribution in [3.8, 4) is 0 Å². The van der Waals surface area contributed by atoms with Gasteiger partial charge in [-0.15, -0.1) is 0 Å². The Balaban J connectivity index is 2.86. The zero-order chi connectivity index (χ0) is 14.4. The van der Waals surface area contributed by atoms with Gasteiger partial charge in [0.2, 0.25) is 0 Å². The Kier molecular flexibility index (Phi) is 6.29. The summed E-state index contributed by atoms with van der Waals surface area (Å²) < 4.78 is 0. The molecule has 108 valence electrons. The Morgan fingerprint density at radius 2 is 2.00 bits per heavy atom. The molecule has 0 aliphatic carbocycles. The highest BCUT2D eigenvalue weighted by Gasteiger charge is 2.16. The van der Waals surface area contributed by atoms with Crippen LogP contribution in [-0.2, 0) is 6.42 Å². The zero-order valence-electron chi connectivity index (χ0n) is 13.1. The van der Waals surface area contributed by atoms with Crippen LogP contribution in [0.25, 0.3) is 0 Å². The predicted molar refractivity (Wildman–Crippen MR) is 83.5 cm³/mol. The lowest BCUT2D eigenvalue weighted by atomic mass is 10.0. The van der Waals surface area contributed by atoms with Gasteiger partial charge in [0.05, 0.1) is 0 Å². The quantitative estimate of drug-likeness (QED) is 0.821.